The van der Waals surface area contributed by atoms with Gasteiger partial charge in [-0.2, -0.15) is 0 Å². The zero-order valence-electron chi connectivity index (χ0n) is 18.9. The van der Waals surface area contributed by atoms with E-state index in [4.69, 9.17) is 22.7 Å². The van der Waals surface area contributed by atoms with Crippen LogP contribution in [0.2, 0.25) is 0 Å². The summed E-state index contributed by atoms with van der Waals surface area (Å²) >= 11 is 5.39. The summed E-state index contributed by atoms with van der Waals surface area (Å²) in [6.45, 7) is -0.904. The van der Waals surface area contributed by atoms with Gasteiger partial charge in [-0.3, -0.25) is 9.59 Å². The van der Waals surface area contributed by atoms with Crippen LogP contribution < -0.4 is 5.73 Å². The Labute approximate surface area is 213 Å². The van der Waals surface area contributed by atoms with Crippen molar-refractivity contribution in [3.05, 3.63) is 71.8 Å². The average Bonchev–Trinajstić information content (AvgIpc) is 3.40. The van der Waals surface area contributed by atoms with Crippen molar-refractivity contribution in [3.8, 4) is 0 Å². The number of alkyl halides is 2. The number of amides is 1. The van der Waals surface area contributed by atoms with Crippen molar-refractivity contribution >= 4 is 46.5 Å². The molecule has 0 radical (unpaired) electrons. The molecule has 190 valence electrons. The first-order valence-electron chi connectivity index (χ1n) is 11.0. The number of benzene rings is 2. The molecule has 2 aromatic carbocycles. The van der Waals surface area contributed by atoms with Crippen LogP contribution in [0, 0.1) is 0 Å². The second-order valence-corrected chi connectivity index (χ2v) is 8.84. The number of carbonyl (C=O) groups excluding carboxylic acids is 2. The Hall–Kier alpha value is -3.78. The number of aliphatic imine (C=N–C) groups is 3. The van der Waals surface area contributed by atoms with Crippen LogP contribution in [0.1, 0.15) is 20.7 Å². The van der Waals surface area contributed by atoms with Gasteiger partial charge in [0, 0.05) is 11.1 Å². The highest BCUT2D eigenvalue weighted by Crippen LogP contribution is 2.41. The van der Waals surface area contributed by atoms with Gasteiger partial charge in [0.15, 0.2) is 22.8 Å². The molecular weight excluding hydrogens is 508 g/mol. The van der Waals surface area contributed by atoms with E-state index in [0.717, 1.165) is 4.90 Å². The lowest BCUT2D eigenvalue weighted by molar-refractivity contribution is -0.0945. The van der Waals surface area contributed by atoms with Gasteiger partial charge in [0.1, 0.15) is 12.2 Å². The Morgan fingerprint density at radius 3 is 2.22 bits per heavy atom. The highest BCUT2D eigenvalue weighted by molar-refractivity contribution is 7.80. The summed E-state index contributed by atoms with van der Waals surface area (Å²) in [7, 11) is 0. The number of thiocarbonyl (C=S) groups is 1. The summed E-state index contributed by atoms with van der Waals surface area (Å²) in [5, 5.41) is 19.4. The Kier molecular flexibility index (Phi) is 6.02. The molecule has 4 atom stereocenters. The van der Waals surface area contributed by atoms with Gasteiger partial charge in [-0.15, -0.1) is 0 Å². The number of carbonyl (C=O) groups is 2. The number of hydrogen-bond acceptors (Lipinski definition) is 9. The van der Waals surface area contributed by atoms with E-state index in [2.05, 4.69) is 15.0 Å². The fourth-order valence-corrected chi connectivity index (χ4v) is 4.65. The van der Waals surface area contributed by atoms with Crippen molar-refractivity contribution in [2.45, 2.75) is 29.8 Å². The average molecular weight is 528 g/mol. The first-order chi connectivity index (χ1) is 17.6. The van der Waals surface area contributed by atoms with Gasteiger partial charge >= 0.3 is 5.92 Å². The van der Waals surface area contributed by atoms with Crippen LogP contribution in [0.5, 0.6) is 0 Å². The minimum Gasteiger partial charge on any atom is -0.394 e. The van der Waals surface area contributed by atoms with Crippen LogP contribution in [0.4, 0.5) is 8.78 Å². The summed E-state index contributed by atoms with van der Waals surface area (Å²) in [6, 6.07) is 15.6. The Balaban J connectivity index is 1.70. The van der Waals surface area contributed by atoms with Gasteiger partial charge in [-0.25, -0.2) is 28.7 Å². The van der Waals surface area contributed by atoms with E-state index in [1.807, 2.05) is 0 Å². The largest absolute Gasteiger partial charge is 0.394 e. The molecule has 1 fully saturated rings. The molecule has 0 aromatic heterocycles. The van der Waals surface area contributed by atoms with Crippen LogP contribution in [0.25, 0.3) is 0 Å². The van der Waals surface area contributed by atoms with Crippen molar-refractivity contribution in [2.24, 2.45) is 20.7 Å². The van der Waals surface area contributed by atoms with E-state index in [0.29, 0.717) is 0 Å². The van der Waals surface area contributed by atoms with Crippen molar-refractivity contribution in [1.29, 1.82) is 0 Å². The van der Waals surface area contributed by atoms with Crippen molar-refractivity contribution in [1.82, 2.24) is 4.90 Å². The lowest BCUT2D eigenvalue weighted by atomic mass is 9.86. The lowest BCUT2D eigenvalue weighted by Gasteiger charge is -2.35. The highest BCUT2D eigenvalue weighted by Gasteiger charge is 2.64. The Morgan fingerprint density at radius 2 is 1.65 bits per heavy atom. The minimum atomic E-state index is -3.94. The van der Waals surface area contributed by atoms with E-state index in [1.165, 1.54) is 24.3 Å². The van der Waals surface area contributed by atoms with E-state index in [1.54, 1.807) is 36.4 Å². The molecule has 3 heterocycles. The van der Waals surface area contributed by atoms with Crippen molar-refractivity contribution < 1.29 is 33.3 Å². The molecule has 10 nitrogen and oxygen atoms in total. The predicted octanol–water partition coefficient (Wildman–Crippen LogP) is 0.973. The number of fused-ring (bicyclic) bond motifs is 1. The maximum atomic E-state index is 15.0. The molecule has 4 N–H and O–H groups in total. The first kappa shape index (κ1) is 24.9. The molecule has 5 rings (SSSR count). The van der Waals surface area contributed by atoms with Gasteiger partial charge in [0.2, 0.25) is 17.3 Å². The zero-order valence-corrected chi connectivity index (χ0v) is 19.7. The second kappa shape index (κ2) is 8.95. The normalized spacial score (nSPS) is 28.3. The fraction of sp³-hybridized carbons (Fsp3) is 0.250. The van der Waals surface area contributed by atoms with Gasteiger partial charge in [-0.05, 0) is 12.1 Å². The lowest BCUT2D eigenvalue weighted by Crippen LogP contribution is -2.63. The molecule has 1 amide bonds. The number of guanidine groups is 1. The van der Waals surface area contributed by atoms with Crippen LogP contribution in [-0.2, 0) is 4.74 Å². The highest BCUT2D eigenvalue weighted by atomic mass is 32.1. The third-order valence-corrected chi connectivity index (χ3v) is 6.59. The van der Waals surface area contributed by atoms with Crippen LogP contribution >= 0.6 is 12.2 Å². The number of hydrogen-bond donors (Lipinski definition) is 3. The molecule has 2 aromatic rings. The maximum Gasteiger partial charge on any atom is 0.308 e. The molecule has 1 saturated heterocycles. The van der Waals surface area contributed by atoms with Gasteiger partial charge in [-0.1, -0.05) is 60.7 Å². The number of Topliss-reactive ketones (excluding diaryl/α,β-unsaturated/α-hetero) is 1. The van der Waals surface area contributed by atoms with Gasteiger partial charge in [0.05, 0.1) is 6.61 Å². The molecule has 0 bridgehead atoms. The zero-order chi connectivity index (χ0) is 26.5. The number of nitrogens with zero attached hydrogens (tertiary/aromatic N) is 4. The molecule has 0 aliphatic carbocycles. The van der Waals surface area contributed by atoms with E-state index in [9.17, 15) is 19.8 Å². The van der Waals surface area contributed by atoms with Gasteiger partial charge < -0.3 is 20.7 Å². The third-order valence-electron chi connectivity index (χ3n) is 6.20. The smallest absolute Gasteiger partial charge is 0.308 e. The van der Waals surface area contributed by atoms with E-state index in [-0.39, 0.29) is 11.1 Å². The SMILES string of the molecule is NC1=NC(=S)C2(C(=O)c3ccccc3)N=C([C@@H]3O[C@H](CO)[C@@H](O)C3(F)F)N=C2N1C(=O)c1ccccc1. The molecule has 0 spiro atoms. The number of nitrogens with two attached hydrogens (primary N) is 1. The fourth-order valence-electron chi connectivity index (χ4n) is 4.33. The maximum absolute atomic E-state index is 15.0. The Bertz CT molecular complexity index is 1380. The third kappa shape index (κ3) is 3.70. The molecule has 37 heavy (non-hydrogen) atoms. The molecule has 0 saturated carbocycles. The van der Waals surface area contributed by atoms with E-state index < -0.39 is 70.7 Å². The summed E-state index contributed by atoms with van der Waals surface area (Å²) in [5.74, 6) is -7.06. The van der Waals surface area contributed by atoms with Crippen LogP contribution in [0.15, 0.2) is 75.6 Å². The van der Waals surface area contributed by atoms with Gasteiger partial charge in [0.25, 0.3) is 5.91 Å². The Morgan fingerprint density at radius 1 is 1.05 bits per heavy atom. The predicted molar refractivity (Wildman–Crippen MR) is 132 cm³/mol. The summed E-state index contributed by atoms with van der Waals surface area (Å²) in [6.07, 6.45) is -6.26. The second-order valence-electron chi connectivity index (χ2n) is 8.45. The summed E-state index contributed by atoms with van der Waals surface area (Å²) in [4.78, 5) is 40.1. The monoisotopic (exact) mass is 527 g/mol. The number of ether oxygens (including phenoxy) is 1. The summed E-state index contributed by atoms with van der Waals surface area (Å²) < 4.78 is 35.2. The number of rotatable bonds is 5. The topological polar surface area (TPSA) is 150 Å². The molecule has 1 unspecified atom stereocenters. The number of halogens is 2. The summed E-state index contributed by atoms with van der Waals surface area (Å²) in [5.41, 5.74) is 4.00. The van der Waals surface area contributed by atoms with Crippen LogP contribution in [0.3, 0.4) is 0 Å². The van der Waals surface area contributed by atoms with Crippen molar-refractivity contribution in [2.75, 3.05) is 6.61 Å². The first-order valence-corrected chi connectivity index (χ1v) is 11.4. The number of amidine groups is 2. The minimum absolute atomic E-state index is 0.0951. The van der Waals surface area contributed by atoms with E-state index >= 15 is 8.78 Å². The molecule has 3 aliphatic rings. The molecular formula is C24H19F2N5O5S. The number of aliphatic hydroxyl groups is 2. The standard InChI is InChI=1S/C24H19F2N5O5S/c25-24(26)16(34)14(11-32)36-17(24)18-28-20-23(30-18,15(33)12-7-3-1-4-8-12)21(37)29-22(27)31(20)19(35)13-9-5-2-6-10-13/h1-10,14,16-17,32,34H,11H2,(H2,27,29,37)/t14-,16-,17+,23?/m1/s1. The van der Waals surface area contributed by atoms with Crippen molar-refractivity contribution in [3.63, 3.8) is 0 Å². The molecule has 3 aliphatic heterocycles. The van der Waals surface area contributed by atoms with Crippen LogP contribution in [-0.4, -0.2) is 85.8 Å². The molecule has 13 heteroatoms. The number of aliphatic hydroxyl groups excluding tert-OH is 2. The quantitative estimate of drug-likeness (QED) is 0.387. The number of ketones is 1.